The van der Waals surface area contributed by atoms with E-state index in [2.05, 4.69) is 10.7 Å². The Hall–Kier alpha value is -1.30. The molecule has 0 bridgehead atoms. The minimum Gasteiger partial charge on any atom is -0.377 e. The molecule has 0 aliphatic rings. The highest BCUT2D eigenvalue weighted by molar-refractivity contribution is 6.31. The fourth-order valence-electron chi connectivity index (χ4n) is 1.29. The zero-order valence-corrected chi connectivity index (χ0v) is 11.5. The van der Waals surface area contributed by atoms with Crippen molar-refractivity contribution in [2.45, 2.75) is 19.4 Å². The molecular formula is C12H18ClN3O2. The maximum atomic E-state index is 12.0. The number of nitrogen functional groups attached to an aromatic ring is 1. The third-order valence-corrected chi connectivity index (χ3v) is 2.84. The summed E-state index contributed by atoms with van der Waals surface area (Å²) in [5.41, 5.74) is 2.96. The molecule has 18 heavy (non-hydrogen) atoms. The molecule has 1 rings (SSSR count). The number of nitrogens with one attached hydrogen (secondary N) is 2. The molecule has 0 aliphatic carbocycles. The Kier molecular flexibility index (Phi) is 4.95. The zero-order chi connectivity index (χ0) is 13.8. The van der Waals surface area contributed by atoms with Crippen molar-refractivity contribution < 1.29 is 9.53 Å². The first-order valence-electron chi connectivity index (χ1n) is 5.49. The Morgan fingerprint density at radius 3 is 2.72 bits per heavy atom. The largest absolute Gasteiger partial charge is 0.377 e. The molecule has 0 aromatic heterocycles. The molecule has 1 aromatic rings. The van der Waals surface area contributed by atoms with E-state index in [1.807, 2.05) is 13.8 Å². The normalized spacial score (nSPS) is 11.2. The molecule has 100 valence electrons. The number of hydrogen-bond donors (Lipinski definition) is 3. The molecular weight excluding hydrogens is 254 g/mol. The molecule has 0 saturated heterocycles. The maximum Gasteiger partial charge on any atom is 0.253 e. The van der Waals surface area contributed by atoms with Crippen molar-refractivity contribution in [1.82, 2.24) is 5.32 Å². The summed E-state index contributed by atoms with van der Waals surface area (Å²) >= 11 is 5.86. The van der Waals surface area contributed by atoms with Gasteiger partial charge in [0.1, 0.15) is 0 Å². The van der Waals surface area contributed by atoms with Crippen molar-refractivity contribution in [3.8, 4) is 0 Å². The number of carbonyl (C=O) groups excluding carboxylic acids is 1. The van der Waals surface area contributed by atoms with Crippen molar-refractivity contribution in [2.24, 2.45) is 5.84 Å². The number of benzene rings is 1. The van der Waals surface area contributed by atoms with E-state index in [0.717, 1.165) is 0 Å². The van der Waals surface area contributed by atoms with E-state index in [-0.39, 0.29) is 5.91 Å². The van der Waals surface area contributed by atoms with Gasteiger partial charge in [0.15, 0.2) is 0 Å². The first-order chi connectivity index (χ1) is 8.39. The smallest absolute Gasteiger partial charge is 0.253 e. The summed E-state index contributed by atoms with van der Waals surface area (Å²) in [6.45, 7) is 4.15. The van der Waals surface area contributed by atoms with Crippen LogP contribution in [0.15, 0.2) is 18.2 Å². The molecule has 0 radical (unpaired) electrons. The third kappa shape index (κ3) is 3.87. The highest BCUT2D eigenvalue weighted by Crippen LogP contribution is 2.20. The molecule has 0 aliphatic heterocycles. The topological polar surface area (TPSA) is 76.4 Å². The van der Waals surface area contributed by atoms with Crippen LogP contribution in [0.1, 0.15) is 24.2 Å². The van der Waals surface area contributed by atoms with Gasteiger partial charge in [-0.25, -0.2) is 0 Å². The van der Waals surface area contributed by atoms with Crippen LogP contribution in [0, 0.1) is 0 Å². The molecule has 6 heteroatoms. The Morgan fingerprint density at radius 1 is 1.50 bits per heavy atom. The minimum atomic E-state index is -0.426. The fraction of sp³-hybridized carbons (Fsp3) is 0.417. The number of hydrogen-bond acceptors (Lipinski definition) is 4. The molecule has 4 N–H and O–H groups in total. The van der Waals surface area contributed by atoms with E-state index in [9.17, 15) is 4.79 Å². The molecule has 0 unspecified atom stereocenters. The second-order valence-electron chi connectivity index (χ2n) is 4.48. The highest BCUT2D eigenvalue weighted by Gasteiger charge is 2.19. The number of halogens is 1. The summed E-state index contributed by atoms with van der Waals surface area (Å²) in [5, 5.41) is 3.25. The summed E-state index contributed by atoms with van der Waals surface area (Å²) < 4.78 is 5.22. The Balaban J connectivity index is 2.81. The molecule has 0 atom stereocenters. The van der Waals surface area contributed by atoms with Crippen molar-refractivity contribution >= 4 is 23.2 Å². The Bertz CT molecular complexity index is 435. The highest BCUT2D eigenvalue weighted by atomic mass is 35.5. The second kappa shape index (κ2) is 6.04. The standard InChI is InChI=1S/C12H18ClN3O2/c1-12(2,18-3)7-15-11(17)9-6-8(13)4-5-10(9)16-14/h4-6,16H,7,14H2,1-3H3,(H,15,17). The van der Waals surface area contributed by atoms with Gasteiger partial charge in [0.25, 0.3) is 5.91 Å². The van der Waals surface area contributed by atoms with Gasteiger partial charge >= 0.3 is 0 Å². The lowest BCUT2D eigenvalue weighted by Gasteiger charge is -2.23. The lowest BCUT2D eigenvalue weighted by atomic mass is 10.1. The number of rotatable bonds is 5. The van der Waals surface area contributed by atoms with Gasteiger partial charge in [-0.1, -0.05) is 11.6 Å². The molecule has 1 aromatic carbocycles. The van der Waals surface area contributed by atoms with Gasteiger partial charge in [0.05, 0.1) is 16.9 Å². The lowest BCUT2D eigenvalue weighted by Crippen LogP contribution is -2.40. The van der Waals surface area contributed by atoms with E-state index in [1.165, 1.54) is 0 Å². The minimum absolute atomic E-state index is 0.254. The number of methoxy groups -OCH3 is 1. The van der Waals surface area contributed by atoms with Crippen LogP contribution >= 0.6 is 11.6 Å². The number of anilines is 1. The van der Waals surface area contributed by atoms with Crippen LogP contribution in [0.3, 0.4) is 0 Å². The van der Waals surface area contributed by atoms with Crippen LogP contribution in [-0.2, 0) is 4.74 Å². The number of hydrazine groups is 1. The van der Waals surface area contributed by atoms with Crippen LogP contribution in [0.4, 0.5) is 5.69 Å². The van der Waals surface area contributed by atoms with Gasteiger partial charge in [-0.05, 0) is 32.0 Å². The zero-order valence-electron chi connectivity index (χ0n) is 10.7. The maximum absolute atomic E-state index is 12.0. The van der Waals surface area contributed by atoms with Crippen molar-refractivity contribution in [3.63, 3.8) is 0 Å². The lowest BCUT2D eigenvalue weighted by molar-refractivity contribution is 0.0229. The number of nitrogens with two attached hydrogens (primary N) is 1. The van der Waals surface area contributed by atoms with E-state index in [1.54, 1.807) is 25.3 Å². The van der Waals surface area contributed by atoms with Crippen LogP contribution in [0.25, 0.3) is 0 Å². The fourth-order valence-corrected chi connectivity index (χ4v) is 1.46. The average Bonchev–Trinajstić information content (AvgIpc) is 2.36. The van der Waals surface area contributed by atoms with E-state index in [0.29, 0.717) is 22.8 Å². The SMILES string of the molecule is COC(C)(C)CNC(=O)c1cc(Cl)ccc1NN. The molecule has 0 heterocycles. The predicted octanol–water partition coefficient (Wildman–Crippen LogP) is 1.78. The molecule has 5 nitrogen and oxygen atoms in total. The monoisotopic (exact) mass is 271 g/mol. The summed E-state index contributed by atoms with van der Waals surface area (Å²) in [6.07, 6.45) is 0. The number of ether oxygens (including phenoxy) is 1. The molecule has 0 spiro atoms. The van der Waals surface area contributed by atoms with Gasteiger partial charge < -0.3 is 15.5 Å². The summed E-state index contributed by atoms with van der Waals surface area (Å²) in [6, 6.07) is 4.87. The summed E-state index contributed by atoms with van der Waals surface area (Å²) in [4.78, 5) is 12.0. The number of amides is 1. The van der Waals surface area contributed by atoms with Gasteiger partial charge in [0, 0.05) is 18.7 Å². The van der Waals surface area contributed by atoms with Crippen LogP contribution in [0.5, 0.6) is 0 Å². The Labute approximate surface area is 112 Å². The van der Waals surface area contributed by atoms with Gasteiger partial charge in [-0.2, -0.15) is 0 Å². The first kappa shape index (κ1) is 14.8. The van der Waals surface area contributed by atoms with Crippen molar-refractivity contribution in [1.29, 1.82) is 0 Å². The predicted molar refractivity (Wildman–Crippen MR) is 72.7 cm³/mol. The summed E-state index contributed by atoms with van der Waals surface area (Å²) in [5.74, 6) is 5.09. The average molecular weight is 272 g/mol. The third-order valence-electron chi connectivity index (χ3n) is 2.61. The Morgan fingerprint density at radius 2 is 2.17 bits per heavy atom. The van der Waals surface area contributed by atoms with Crippen molar-refractivity contribution in [3.05, 3.63) is 28.8 Å². The van der Waals surface area contributed by atoms with Crippen molar-refractivity contribution in [2.75, 3.05) is 19.1 Å². The van der Waals surface area contributed by atoms with Gasteiger partial charge in [0.2, 0.25) is 0 Å². The molecule has 0 fully saturated rings. The quantitative estimate of drug-likeness (QED) is 0.564. The molecule has 1 amide bonds. The molecule has 0 saturated carbocycles. The first-order valence-corrected chi connectivity index (χ1v) is 5.87. The second-order valence-corrected chi connectivity index (χ2v) is 4.92. The van der Waals surface area contributed by atoms with Gasteiger partial charge in [-0.3, -0.25) is 10.6 Å². The van der Waals surface area contributed by atoms with E-state index >= 15 is 0 Å². The van der Waals surface area contributed by atoms with Crippen LogP contribution in [-0.4, -0.2) is 25.2 Å². The van der Waals surface area contributed by atoms with E-state index in [4.69, 9.17) is 22.2 Å². The van der Waals surface area contributed by atoms with Crippen LogP contribution in [0.2, 0.25) is 5.02 Å². The van der Waals surface area contributed by atoms with Crippen LogP contribution < -0.4 is 16.6 Å². The summed E-state index contributed by atoms with van der Waals surface area (Å²) in [7, 11) is 1.60. The van der Waals surface area contributed by atoms with E-state index < -0.39 is 5.60 Å². The number of carbonyl (C=O) groups is 1. The van der Waals surface area contributed by atoms with Gasteiger partial charge in [-0.15, -0.1) is 0 Å².